The van der Waals surface area contributed by atoms with Gasteiger partial charge in [-0.25, -0.2) is 0 Å². The number of nitrogens with zero attached hydrogens (tertiary/aromatic N) is 2. The van der Waals surface area contributed by atoms with Crippen LogP contribution in [0.25, 0.3) is 0 Å². The van der Waals surface area contributed by atoms with E-state index in [0.717, 1.165) is 36.4 Å². The summed E-state index contributed by atoms with van der Waals surface area (Å²) in [5.74, 6) is -0.0572. The van der Waals surface area contributed by atoms with Crippen LogP contribution in [-0.4, -0.2) is 36.5 Å². The number of likely N-dealkylation sites (tertiary alicyclic amines) is 1. The van der Waals surface area contributed by atoms with Gasteiger partial charge in [-0.2, -0.15) is 5.26 Å². The number of nitrogens with one attached hydrogen (secondary N) is 1. The Balaban J connectivity index is 1.95. The van der Waals surface area contributed by atoms with Crippen molar-refractivity contribution in [1.82, 2.24) is 4.90 Å². The van der Waals surface area contributed by atoms with Crippen LogP contribution in [0.1, 0.15) is 28.8 Å². The number of amides is 1. The lowest BCUT2D eigenvalue weighted by atomic mass is 10.1. The van der Waals surface area contributed by atoms with E-state index in [1.807, 2.05) is 13.8 Å². The Kier molecular flexibility index (Phi) is 4.76. The first-order chi connectivity index (χ1) is 9.51. The molecular weight excluding hydrogens is 272 g/mol. The number of thiophene rings is 1. The number of nitriles is 1. The van der Waals surface area contributed by atoms with Crippen LogP contribution < -0.4 is 11.1 Å². The van der Waals surface area contributed by atoms with E-state index in [4.69, 9.17) is 11.0 Å². The van der Waals surface area contributed by atoms with Crippen LogP contribution in [0.5, 0.6) is 0 Å². The van der Waals surface area contributed by atoms with Gasteiger partial charge in [0.15, 0.2) is 0 Å². The van der Waals surface area contributed by atoms with E-state index < -0.39 is 0 Å². The van der Waals surface area contributed by atoms with Gasteiger partial charge in [0.25, 0.3) is 0 Å². The predicted molar refractivity (Wildman–Crippen MR) is 80.8 cm³/mol. The highest BCUT2D eigenvalue weighted by Gasteiger charge is 2.20. The lowest BCUT2D eigenvalue weighted by Crippen LogP contribution is -2.43. The molecule has 1 aromatic heterocycles. The molecular formula is C14H20N4OS. The molecule has 0 bridgehead atoms. The molecule has 1 fully saturated rings. The molecule has 1 aliphatic rings. The second kappa shape index (κ2) is 6.35. The lowest BCUT2D eigenvalue weighted by molar-refractivity contribution is -0.117. The van der Waals surface area contributed by atoms with E-state index in [2.05, 4.69) is 16.3 Å². The SMILES string of the molecule is Cc1sc(NC(=O)CN2CCC(N)CC2)c(C#N)c1C. The van der Waals surface area contributed by atoms with Crippen molar-refractivity contribution >= 4 is 22.2 Å². The van der Waals surface area contributed by atoms with Gasteiger partial charge in [0.1, 0.15) is 11.1 Å². The predicted octanol–water partition coefficient (Wildman–Crippen LogP) is 1.60. The van der Waals surface area contributed by atoms with E-state index in [9.17, 15) is 4.79 Å². The van der Waals surface area contributed by atoms with E-state index in [1.54, 1.807) is 0 Å². The van der Waals surface area contributed by atoms with Crippen LogP contribution in [0.15, 0.2) is 0 Å². The fourth-order valence-corrected chi connectivity index (χ4v) is 3.36. The molecule has 20 heavy (non-hydrogen) atoms. The first kappa shape index (κ1) is 15.0. The fourth-order valence-electron chi connectivity index (χ4n) is 2.33. The molecule has 0 radical (unpaired) electrons. The van der Waals surface area contributed by atoms with Crippen molar-refractivity contribution in [3.05, 3.63) is 16.0 Å². The number of hydrogen-bond acceptors (Lipinski definition) is 5. The zero-order valence-electron chi connectivity index (χ0n) is 11.9. The molecule has 3 N–H and O–H groups in total. The van der Waals surface area contributed by atoms with Gasteiger partial charge in [0, 0.05) is 24.0 Å². The summed E-state index contributed by atoms with van der Waals surface area (Å²) < 4.78 is 0. The molecule has 0 saturated carbocycles. The zero-order valence-corrected chi connectivity index (χ0v) is 12.7. The number of rotatable bonds is 3. The number of aryl methyl sites for hydroxylation is 1. The van der Waals surface area contributed by atoms with Crippen molar-refractivity contribution < 1.29 is 4.79 Å². The Morgan fingerprint density at radius 1 is 1.50 bits per heavy atom. The van der Waals surface area contributed by atoms with Crippen LogP contribution in [-0.2, 0) is 4.79 Å². The van der Waals surface area contributed by atoms with Crippen LogP contribution in [0.4, 0.5) is 5.00 Å². The van der Waals surface area contributed by atoms with E-state index in [1.165, 1.54) is 11.3 Å². The molecule has 1 aliphatic heterocycles. The first-order valence-corrected chi connectivity index (χ1v) is 7.60. The minimum atomic E-state index is -0.0572. The maximum Gasteiger partial charge on any atom is 0.239 e. The van der Waals surface area contributed by atoms with Crippen LogP contribution in [0.3, 0.4) is 0 Å². The van der Waals surface area contributed by atoms with Gasteiger partial charge < -0.3 is 11.1 Å². The molecule has 6 heteroatoms. The van der Waals surface area contributed by atoms with Crippen LogP contribution in [0, 0.1) is 25.2 Å². The van der Waals surface area contributed by atoms with Crippen molar-refractivity contribution in [2.24, 2.45) is 5.73 Å². The number of nitrogens with two attached hydrogens (primary N) is 1. The number of carbonyl (C=O) groups is 1. The monoisotopic (exact) mass is 292 g/mol. The minimum Gasteiger partial charge on any atom is -0.328 e. The summed E-state index contributed by atoms with van der Waals surface area (Å²) in [6.07, 6.45) is 1.88. The molecule has 1 saturated heterocycles. The molecule has 1 aromatic rings. The third-order valence-corrected chi connectivity index (χ3v) is 4.87. The van der Waals surface area contributed by atoms with Gasteiger partial charge in [0.05, 0.1) is 12.1 Å². The van der Waals surface area contributed by atoms with Crippen molar-refractivity contribution in [2.75, 3.05) is 25.0 Å². The highest BCUT2D eigenvalue weighted by Crippen LogP contribution is 2.31. The quantitative estimate of drug-likeness (QED) is 0.886. The molecule has 0 aliphatic carbocycles. The van der Waals surface area contributed by atoms with Gasteiger partial charge in [-0.05, 0) is 32.3 Å². The number of piperidine rings is 1. The molecule has 1 amide bonds. The minimum absolute atomic E-state index is 0.0572. The third-order valence-electron chi connectivity index (χ3n) is 3.75. The van der Waals surface area contributed by atoms with Crippen LogP contribution in [0.2, 0.25) is 0 Å². The highest BCUT2D eigenvalue weighted by molar-refractivity contribution is 7.16. The highest BCUT2D eigenvalue weighted by atomic mass is 32.1. The van der Waals surface area contributed by atoms with E-state index in [0.29, 0.717) is 17.1 Å². The summed E-state index contributed by atoms with van der Waals surface area (Å²) in [7, 11) is 0. The number of anilines is 1. The topological polar surface area (TPSA) is 82.2 Å². The Morgan fingerprint density at radius 3 is 2.75 bits per heavy atom. The second-order valence-electron chi connectivity index (χ2n) is 5.26. The summed E-state index contributed by atoms with van der Waals surface area (Å²) in [5, 5.41) is 12.7. The molecule has 0 atom stereocenters. The third kappa shape index (κ3) is 3.37. The lowest BCUT2D eigenvalue weighted by Gasteiger charge is -2.29. The van der Waals surface area contributed by atoms with Gasteiger partial charge >= 0.3 is 0 Å². The molecule has 0 spiro atoms. The van der Waals surface area contributed by atoms with Gasteiger partial charge in [0.2, 0.25) is 5.91 Å². The number of hydrogen-bond donors (Lipinski definition) is 2. The molecule has 2 rings (SSSR count). The average molecular weight is 292 g/mol. The standard InChI is InChI=1S/C14H20N4OS/c1-9-10(2)20-14(12(9)7-15)17-13(19)8-18-5-3-11(16)4-6-18/h11H,3-6,8,16H2,1-2H3,(H,17,19). The van der Waals surface area contributed by atoms with Gasteiger partial charge in [-0.15, -0.1) is 11.3 Å². The normalized spacial score (nSPS) is 16.9. The number of carbonyl (C=O) groups excluding carboxylic acids is 1. The van der Waals surface area contributed by atoms with E-state index >= 15 is 0 Å². The Bertz CT molecular complexity index is 538. The second-order valence-corrected chi connectivity index (χ2v) is 6.49. The van der Waals surface area contributed by atoms with Gasteiger partial charge in [-0.1, -0.05) is 0 Å². The summed E-state index contributed by atoms with van der Waals surface area (Å²) in [5.41, 5.74) is 7.39. The Hall–Kier alpha value is -1.42. The average Bonchev–Trinajstić information content (AvgIpc) is 2.67. The zero-order chi connectivity index (χ0) is 14.7. The van der Waals surface area contributed by atoms with Crippen molar-refractivity contribution in [2.45, 2.75) is 32.7 Å². The van der Waals surface area contributed by atoms with Crippen LogP contribution >= 0.6 is 11.3 Å². The first-order valence-electron chi connectivity index (χ1n) is 6.79. The summed E-state index contributed by atoms with van der Waals surface area (Å²) in [6.45, 7) is 5.96. The van der Waals surface area contributed by atoms with Crippen molar-refractivity contribution in [3.8, 4) is 6.07 Å². The van der Waals surface area contributed by atoms with Gasteiger partial charge in [-0.3, -0.25) is 9.69 Å². The smallest absolute Gasteiger partial charge is 0.239 e. The summed E-state index contributed by atoms with van der Waals surface area (Å²) >= 11 is 1.46. The maximum atomic E-state index is 12.1. The summed E-state index contributed by atoms with van der Waals surface area (Å²) in [4.78, 5) is 15.2. The fraction of sp³-hybridized carbons (Fsp3) is 0.571. The molecule has 2 heterocycles. The molecule has 0 unspecified atom stereocenters. The van der Waals surface area contributed by atoms with Crippen molar-refractivity contribution in [1.29, 1.82) is 5.26 Å². The molecule has 108 valence electrons. The Labute approximate surface area is 123 Å². The van der Waals surface area contributed by atoms with Crippen molar-refractivity contribution in [3.63, 3.8) is 0 Å². The van der Waals surface area contributed by atoms with E-state index in [-0.39, 0.29) is 11.9 Å². The molecule has 0 aromatic carbocycles. The summed E-state index contributed by atoms with van der Waals surface area (Å²) in [6, 6.07) is 2.43. The molecule has 5 nitrogen and oxygen atoms in total. The largest absolute Gasteiger partial charge is 0.328 e. The maximum absolute atomic E-state index is 12.1. The Morgan fingerprint density at radius 2 is 2.15 bits per heavy atom.